The number of aryl methyl sites for hydroxylation is 1. The molecule has 0 fully saturated rings. The Kier molecular flexibility index (Phi) is 7.06. The van der Waals surface area contributed by atoms with E-state index >= 15 is 0 Å². The number of amides is 1. The van der Waals surface area contributed by atoms with Crippen molar-refractivity contribution < 1.29 is 4.79 Å². The van der Waals surface area contributed by atoms with Gasteiger partial charge in [-0.15, -0.1) is 10.2 Å². The lowest BCUT2D eigenvalue weighted by Gasteiger charge is -2.15. The average Bonchev–Trinajstić information content (AvgIpc) is 3.14. The van der Waals surface area contributed by atoms with Gasteiger partial charge in [0.25, 0.3) is 0 Å². The van der Waals surface area contributed by atoms with Crippen molar-refractivity contribution in [3.8, 4) is 0 Å². The highest BCUT2D eigenvalue weighted by Crippen LogP contribution is 2.38. The first-order valence-electron chi connectivity index (χ1n) is 9.18. The second-order valence-corrected chi connectivity index (χ2v) is 9.24. The van der Waals surface area contributed by atoms with Crippen LogP contribution in [0.15, 0.2) is 58.9 Å². The summed E-state index contributed by atoms with van der Waals surface area (Å²) in [5, 5.41) is 15.1. The highest BCUT2D eigenvalue weighted by atomic mass is 32.2. The summed E-state index contributed by atoms with van der Waals surface area (Å²) in [5.74, 6) is 0.448. The molecule has 3 rings (SSSR count). The number of nitrogens with zero attached hydrogens (tertiary/aromatic N) is 2. The predicted molar refractivity (Wildman–Crippen MR) is 118 cm³/mol. The summed E-state index contributed by atoms with van der Waals surface area (Å²) in [6.45, 7) is 7.15. The molecule has 0 bridgehead atoms. The molecule has 5 nitrogen and oxygen atoms in total. The molecule has 7 heteroatoms. The van der Waals surface area contributed by atoms with Crippen LogP contribution in [0.2, 0.25) is 0 Å². The first kappa shape index (κ1) is 20.4. The van der Waals surface area contributed by atoms with Gasteiger partial charge in [0, 0.05) is 12.2 Å². The second-order valence-electron chi connectivity index (χ2n) is 6.91. The smallest absolute Gasteiger partial charge is 0.242 e. The van der Waals surface area contributed by atoms with E-state index in [0.717, 1.165) is 32.8 Å². The maximum absolute atomic E-state index is 13.0. The van der Waals surface area contributed by atoms with Crippen LogP contribution in [0.1, 0.15) is 30.2 Å². The van der Waals surface area contributed by atoms with E-state index in [1.54, 1.807) is 0 Å². The lowest BCUT2D eigenvalue weighted by molar-refractivity contribution is -0.115. The van der Waals surface area contributed by atoms with Gasteiger partial charge in [0.15, 0.2) is 4.34 Å². The molecule has 3 aromatic rings. The number of carbonyl (C=O) groups is 1. The molecule has 1 amide bonds. The van der Waals surface area contributed by atoms with E-state index in [2.05, 4.69) is 34.7 Å². The standard InChI is InChI=1S/C21H24N4OS2/c1-14(2)13-22-20-24-25-21(28-20)27-18(16-7-5-4-6-8-16)19(26)23-17-11-9-15(3)10-12-17/h4-12,14,18H,13H2,1-3H3,(H,22,24)(H,23,26)/t18-/m1/s1. The maximum Gasteiger partial charge on any atom is 0.242 e. The minimum absolute atomic E-state index is 0.0769. The normalized spacial score (nSPS) is 12.0. The van der Waals surface area contributed by atoms with E-state index in [4.69, 9.17) is 0 Å². The molecule has 0 aliphatic carbocycles. The molecular weight excluding hydrogens is 388 g/mol. The van der Waals surface area contributed by atoms with Gasteiger partial charge < -0.3 is 10.6 Å². The third kappa shape index (κ3) is 5.81. The van der Waals surface area contributed by atoms with Gasteiger partial charge in [0.05, 0.1) is 0 Å². The number of benzene rings is 2. The van der Waals surface area contributed by atoms with Gasteiger partial charge in [0.1, 0.15) is 5.25 Å². The van der Waals surface area contributed by atoms with E-state index < -0.39 is 5.25 Å². The number of anilines is 2. The molecule has 2 N–H and O–H groups in total. The first-order valence-corrected chi connectivity index (χ1v) is 10.9. The van der Waals surface area contributed by atoms with Gasteiger partial charge >= 0.3 is 0 Å². The fraction of sp³-hybridized carbons (Fsp3) is 0.286. The van der Waals surface area contributed by atoms with Crippen molar-refractivity contribution in [2.24, 2.45) is 5.92 Å². The zero-order chi connectivity index (χ0) is 19.9. The number of aromatic nitrogens is 2. The molecule has 146 valence electrons. The monoisotopic (exact) mass is 412 g/mol. The van der Waals surface area contributed by atoms with Gasteiger partial charge in [-0.1, -0.05) is 85.0 Å². The van der Waals surface area contributed by atoms with Crippen molar-refractivity contribution in [3.05, 3.63) is 65.7 Å². The summed E-state index contributed by atoms with van der Waals surface area (Å²) in [4.78, 5) is 13.0. The minimum atomic E-state index is -0.409. The van der Waals surface area contributed by atoms with Crippen LogP contribution in [0, 0.1) is 12.8 Å². The summed E-state index contributed by atoms with van der Waals surface area (Å²) in [5.41, 5.74) is 2.87. The summed E-state index contributed by atoms with van der Waals surface area (Å²) < 4.78 is 0.763. The van der Waals surface area contributed by atoms with Gasteiger partial charge in [-0.05, 0) is 30.5 Å². The third-order valence-electron chi connectivity index (χ3n) is 3.95. The fourth-order valence-electron chi connectivity index (χ4n) is 2.47. The van der Waals surface area contributed by atoms with Crippen LogP contribution in [0.4, 0.5) is 10.8 Å². The van der Waals surface area contributed by atoms with Crippen LogP contribution in [-0.4, -0.2) is 22.6 Å². The van der Waals surface area contributed by atoms with Crippen LogP contribution in [0.3, 0.4) is 0 Å². The Hall–Kier alpha value is -2.38. The Labute approximate surface area is 174 Å². The molecular formula is C21H24N4OS2. The zero-order valence-corrected chi connectivity index (χ0v) is 17.8. The number of nitrogens with one attached hydrogen (secondary N) is 2. The third-order valence-corrected chi connectivity index (χ3v) is 6.17. The highest BCUT2D eigenvalue weighted by Gasteiger charge is 2.24. The van der Waals surface area contributed by atoms with Crippen LogP contribution < -0.4 is 10.6 Å². The van der Waals surface area contributed by atoms with Crippen LogP contribution in [0.5, 0.6) is 0 Å². The number of hydrogen-bond donors (Lipinski definition) is 2. The zero-order valence-electron chi connectivity index (χ0n) is 16.2. The largest absolute Gasteiger partial charge is 0.360 e. The Balaban J connectivity index is 1.76. The highest BCUT2D eigenvalue weighted by molar-refractivity contribution is 8.02. The van der Waals surface area contributed by atoms with Crippen LogP contribution >= 0.6 is 23.1 Å². The molecule has 2 aromatic carbocycles. The van der Waals surface area contributed by atoms with Crippen molar-refractivity contribution in [1.29, 1.82) is 0 Å². The van der Waals surface area contributed by atoms with E-state index in [9.17, 15) is 4.79 Å². The van der Waals surface area contributed by atoms with Crippen molar-refractivity contribution in [1.82, 2.24) is 10.2 Å². The molecule has 0 spiro atoms. The quantitative estimate of drug-likeness (QED) is 0.486. The van der Waals surface area contributed by atoms with Crippen LogP contribution in [-0.2, 0) is 4.79 Å². The molecule has 1 heterocycles. The van der Waals surface area contributed by atoms with Gasteiger partial charge in [-0.3, -0.25) is 4.79 Å². The van der Waals surface area contributed by atoms with E-state index in [-0.39, 0.29) is 5.91 Å². The van der Waals surface area contributed by atoms with Crippen molar-refractivity contribution in [3.63, 3.8) is 0 Å². The topological polar surface area (TPSA) is 66.9 Å². The molecule has 0 saturated heterocycles. The molecule has 0 radical (unpaired) electrons. The SMILES string of the molecule is Cc1ccc(NC(=O)[C@H](Sc2nnc(NCC(C)C)s2)c2ccccc2)cc1. The summed E-state index contributed by atoms with van der Waals surface area (Å²) in [6, 6.07) is 17.6. The van der Waals surface area contributed by atoms with E-state index in [1.807, 2.05) is 61.5 Å². The summed E-state index contributed by atoms with van der Waals surface area (Å²) >= 11 is 2.89. The fourth-order valence-corrected chi connectivity index (χ4v) is 4.42. The van der Waals surface area contributed by atoms with Gasteiger partial charge in [0.2, 0.25) is 11.0 Å². The van der Waals surface area contributed by atoms with Crippen molar-refractivity contribution in [2.75, 3.05) is 17.2 Å². The average molecular weight is 413 g/mol. The van der Waals surface area contributed by atoms with Crippen LogP contribution in [0.25, 0.3) is 0 Å². The second kappa shape index (κ2) is 9.71. The Morgan fingerprint density at radius 3 is 2.46 bits per heavy atom. The molecule has 28 heavy (non-hydrogen) atoms. The summed E-state index contributed by atoms with van der Waals surface area (Å²) in [7, 11) is 0. The number of rotatable bonds is 8. The maximum atomic E-state index is 13.0. The summed E-state index contributed by atoms with van der Waals surface area (Å²) in [6.07, 6.45) is 0. The Morgan fingerprint density at radius 1 is 1.07 bits per heavy atom. The number of carbonyl (C=O) groups excluding carboxylic acids is 1. The lowest BCUT2D eigenvalue weighted by atomic mass is 10.1. The predicted octanol–water partition coefficient (Wildman–Crippen LogP) is 5.39. The Morgan fingerprint density at radius 2 is 1.79 bits per heavy atom. The number of thioether (sulfide) groups is 1. The van der Waals surface area contributed by atoms with Crippen molar-refractivity contribution in [2.45, 2.75) is 30.4 Å². The first-order chi connectivity index (χ1) is 13.5. The molecule has 0 saturated carbocycles. The molecule has 0 unspecified atom stereocenters. The van der Waals surface area contributed by atoms with Crippen molar-refractivity contribution >= 4 is 39.8 Å². The van der Waals surface area contributed by atoms with E-state index in [1.165, 1.54) is 23.1 Å². The van der Waals surface area contributed by atoms with Gasteiger partial charge in [-0.25, -0.2) is 0 Å². The van der Waals surface area contributed by atoms with E-state index in [0.29, 0.717) is 5.92 Å². The lowest BCUT2D eigenvalue weighted by Crippen LogP contribution is -2.19. The molecule has 1 atom stereocenters. The Bertz CT molecular complexity index is 894. The molecule has 0 aliphatic heterocycles. The number of hydrogen-bond acceptors (Lipinski definition) is 6. The van der Waals surface area contributed by atoms with Gasteiger partial charge in [-0.2, -0.15) is 0 Å². The minimum Gasteiger partial charge on any atom is -0.360 e. The molecule has 1 aromatic heterocycles. The molecule has 0 aliphatic rings.